The lowest BCUT2D eigenvalue weighted by Gasteiger charge is -2.40. The third kappa shape index (κ3) is 3.47. The Morgan fingerprint density at radius 3 is 2.33 bits per heavy atom. The minimum absolute atomic E-state index is 0.251. The summed E-state index contributed by atoms with van der Waals surface area (Å²) in [4.78, 5) is 0. The van der Waals surface area contributed by atoms with E-state index in [1.807, 2.05) is 19.1 Å². The van der Waals surface area contributed by atoms with Gasteiger partial charge in [-0.2, -0.15) is 0 Å². The Morgan fingerprint density at radius 2 is 1.74 bits per heavy atom. The van der Waals surface area contributed by atoms with Crippen LogP contribution >= 0.6 is 0 Å². The molecule has 5 N–H and O–H groups in total. The lowest BCUT2D eigenvalue weighted by Crippen LogP contribution is -2.59. The van der Waals surface area contributed by atoms with Crippen molar-refractivity contribution in [1.82, 2.24) is 0 Å². The number of epoxide rings is 1. The van der Waals surface area contributed by atoms with Gasteiger partial charge in [-0.15, -0.1) is 0 Å². The lowest BCUT2D eigenvalue weighted by molar-refractivity contribution is -0.306. The van der Waals surface area contributed by atoms with E-state index < -0.39 is 60.7 Å². The molecule has 0 aromatic heterocycles. The maximum Gasteiger partial charge on any atom is 0.187 e. The molecule has 0 radical (unpaired) electrons. The Morgan fingerprint density at radius 1 is 1.07 bits per heavy atom. The third-order valence-corrected chi connectivity index (χ3v) is 6.31. The molecule has 2 aliphatic heterocycles. The Hall–Kier alpha value is -0.580. The molecule has 9 atom stereocenters. The fourth-order valence-electron chi connectivity index (χ4n) is 4.78. The van der Waals surface area contributed by atoms with E-state index in [-0.39, 0.29) is 5.41 Å². The molecule has 0 amide bonds. The molecule has 3 rings (SSSR count). The van der Waals surface area contributed by atoms with Crippen LogP contribution in [0.15, 0.2) is 12.2 Å². The minimum atomic E-state index is -1.47. The molecular weight excluding hydrogens is 356 g/mol. The quantitative estimate of drug-likeness (QED) is 0.313. The zero-order valence-electron chi connectivity index (χ0n) is 16.3. The molecule has 8 heteroatoms. The standard InChI is InChI=1S/C19H32O8/c1-10(25-16-15(24)14(23)13(22)12(9-20)26-16)5-6-19-17(2,3)7-11(21)8-18(19,4)27-19/h5-6,10-16,20-24H,7-9H2,1-4H3/b6-5+/t10-,11+,12-,13-,14+,15-,16-,18+,19-/m0/s1. The van der Waals surface area contributed by atoms with Gasteiger partial charge >= 0.3 is 0 Å². The second-order valence-electron chi connectivity index (χ2n) is 8.91. The van der Waals surface area contributed by atoms with Crippen molar-refractivity contribution in [3.63, 3.8) is 0 Å². The van der Waals surface area contributed by atoms with Gasteiger partial charge in [0.2, 0.25) is 0 Å². The normalized spacial score (nSPS) is 50.4. The summed E-state index contributed by atoms with van der Waals surface area (Å²) in [5.41, 5.74) is -1.17. The largest absolute Gasteiger partial charge is 0.394 e. The molecule has 2 saturated heterocycles. The van der Waals surface area contributed by atoms with Gasteiger partial charge in [0.1, 0.15) is 35.6 Å². The first-order valence-corrected chi connectivity index (χ1v) is 9.50. The molecule has 0 aromatic rings. The van der Waals surface area contributed by atoms with E-state index in [0.717, 1.165) is 0 Å². The minimum Gasteiger partial charge on any atom is -0.394 e. The molecule has 0 unspecified atom stereocenters. The molecule has 1 saturated carbocycles. The molecule has 0 spiro atoms. The first kappa shape index (κ1) is 21.1. The Bertz CT molecular complexity index is 578. The van der Waals surface area contributed by atoms with Gasteiger partial charge in [-0.1, -0.05) is 26.0 Å². The van der Waals surface area contributed by atoms with Crippen LogP contribution in [0.5, 0.6) is 0 Å². The molecule has 0 bridgehead atoms. The molecule has 27 heavy (non-hydrogen) atoms. The summed E-state index contributed by atoms with van der Waals surface area (Å²) in [5.74, 6) is 0. The van der Waals surface area contributed by atoms with Crippen LogP contribution in [-0.4, -0.2) is 86.3 Å². The van der Waals surface area contributed by atoms with Crippen LogP contribution in [0, 0.1) is 5.41 Å². The van der Waals surface area contributed by atoms with E-state index in [0.29, 0.717) is 12.8 Å². The van der Waals surface area contributed by atoms with E-state index in [9.17, 15) is 25.5 Å². The van der Waals surface area contributed by atoms with Crippen molar-refractivity contribution in [3.05, 3.63) is 12.2 Å². The van der Waals surface area contributed by atoms with Crippen molar-refractivity contribution in [3.8, 4) is 0 Å². The van der Waals surface area contributed by atoms with Crippen molar-refractivity contribution in [2.24, 2.45) is 5.41 Å². The van der Waals surface area contributed by atoms with Crippen LogP contribution in [0.1, 0.15) is 40.5 Å². The first-order chi connectivity index (χ1) is 12.5. The predicted octanol–water partition coefficient (Wildman–Crippen LogP) is -0.544. The van der Waals surface area contributed by atoms with E-state index in [1.54, 1.807) is 6.92 Å². The highest BCUT2D eigenvalue weighted by Crippen LogP contribution is 2.66. The molecule has 156 valence electrons. The summed E-state index contributed by atoms with van der Waals surface area (Å²) >= 11 is 0. The topological polar surface area (TPSA) is 132 Å². The molecule has 3 aliphatic rings. The van der Waals surface area contributed by atoms with Gasteiger partial charge in [-0.25, -0.2) is 0 Å². The zero-order chi connectivity index (χ0) is 20.2. The Balaban J connectivity index is 1.67. The van der Waals surface area contributed by atoms with E-state index in [1.165, 1.54) is 0 Å². The van der Waals surface area contributed by atoms with Gasteiger partial charge in [0, 0.05) is 11.8 Å². The van der Waals surface area contributed by atoms with Gasteiger partial charge in [0.05, 0.1) is 18.8 Å². The third-order valence-electron chi connectivity index (χ3n) is 6.31. The van der Waals surface area contributed by atoms with Crippen LogP contribution in [0.3, 0.4) is 0 Å². The number of ether oxygens (including phenoxy) is 3. The second kappa shape index (κ2) is 7.03. The zero-order valence-corrected chi connectivity index (χ0v) is 16.3. The lowest BCUT2D eigenvalue weighted by atomic mass is 9.63. The highest BCUT2D eigenvalue weighted by atomic mass is 16.7. The van der Waals surface area contributed by atoms with E-state index in [2.05, 4.69) is 13.8 Å². The fourth-order valence-corrected chi connectivity index (χ4v) is 4.78. The van der Waals surface area contributed by atoms with Gasteiger partial charge in [0.15, 0.2) is 6.29 Å². The Labute approximate surface area is 159 Å². The fraction of sp³-hybridized carbons (Fsp3) is 0.895. The summed E-state index contributed by atoms with van der Waals surface area (Å²) < 4.78 is 17.1. The Kier molecular flexibility index (Phi) is 5.51. The van der Waals surface area contributed by atoms with Crippen molar-refractivity contribution < 1.29 is 39.7 Å². The molecule has 8 nitrogen and oxygen atoms in total. The van der Waals surface area contributed by atoms with Crippen LogP contribution < -0.4 is 0 Å². The summed E-state index contributed by atoms with van der Waals surface area (Å²) in [6, 6.07) is 0. The van der Waals surface area contributed by atoms with Crippen molar-refractivity contribution >= 4 is 0 Å². The average molecular weight is 388 g/mol. The van der Waals surface area contributed by atoms with Gasteiger partial charge < -0.3 is 39.7 Å². The van der Waals surface area contributed by atoms with Crippen LogP contribution in [0.2, 0.25) is 0 Å². The van der Waals surface area contributed by atoms with Crippen LogP contribution in [-0.2, 0) is 14.2 Å². The highest BCUT2D eigenvalue weighted by Gasteiger charge is 2.74. The van der Waals surface area contributed by atoms with E-state index in [4.69, 9.17) is 14.2 Å². The van der Waals surface area contributed by atoms with Crippen LogP contribution in [0.25, 0.3) is 0 Å². The highest BCUT2D eigenvalue weighted by molar-refractivity contribution is 5.32. The van der Waals surface area contributed by atoms with E-state index >= 15 is 0 Å². The first-order valence-electron chi connectivity index (χ1n) is 9.50. The predicted molar refractivity (Wildman–Crippen MR) is 94.7 cm³/mol. The SMILES string of the molecule is C[C@@H](/C=C/[C@@]12O[C@]1(C)C[C@H](O)CC2(C)C)O[C@H]1O[C@@H](CO)[C@H](O)[C@@H](O)[C@@H]1O. The summed E-state index contributed by atoms with van der Waals surface area (Å²) in [6.07, 6.45) is -2.39. The summed E-state index contributed by atoms with van der Waals surface area (Å²) in [5, 5.41) is 49.1. The monoisotopic (exact) mass is 388 g/mol. The average Bonchev–Trinajstić information content (AvgIpc) is 3.19. The number of hydrogen-bond donors (Lipinski definition) is 5. The molecular formula is C19H32O8. The molecule has 3 fully saturated rings. The van der Waals surface area contributed by atoms with Crippen molar-refractivity contribution in [2.45, 2.75) is 94.7 Å². The molecule has 0 aromatic carbocycles. The number of hydrogen-bond acceptors (Lipinski definition) is 8. The smallest absolute Gasteiger partial charge is 0.187 e. The summed E-state index contributed by atoms with van der Waals surface area (Å²) in [7, 11) is 0. The number of aliphatic hydroxyl groups is 5. The maximum atomic E-state index is 10.1. The molecule has 1 aliphatic carbocycles. The second-order valence-corrected chi connectivity index (χ2v) is 8.91. The van der Waals surface area contributed by atoms with Crippen LogP contribution in [0.4, 0.5) is 0 Å². The maximum absolute atomic E-state index is 10.1. The van der Waals surface area contributed by atoms with Gasteiger partial charge in [0.25, 0.3) is 0 Å². The number of fused-ring (bicyclic) bond motifs is 1. The number of rotatable bonds is 5. The van der Waals surface area contributed by atoms with Gasteiger partial charge in [-0.3, -0.25) is 0 Å². The van der Waals surface area contributed by atoms with Crippen molar-refractivity contribution in [1.29, 1.82) is 0 Å². The molecule has 2 heterocycles. The summed E-state index contributed by atoms with van der Waals surface area (Å²) in [6.45, 7) is 7.38. The number of aliphatic hydroxyl groups excluding tert-OH is 5. The van der Waals surface area contributed by atoms with Gasteiger partial charge in [-0.05, 0) is 20.3 Å². The van der Waals surface area contributed by atoms with Crippen molar-refractivity contribution in [2.75, 3.05) is 6.61 Å².